The van der Waals surface area contributed by atoms with Crippen molar-refractivity contribution in [1.82, 2.24) is 0 Å². The molecule has 22 nitrogen and oxygen atoms in total. The SMILES string of the molecule is OCCOCCOCCOCCOCCOCCOCCOCCOCCOCCOCCOCCOCCOCCOCCOCCOCCOCCOCCOCCOCCO. The summed E-state index contributed by atoms with van der Waals surface area (Å²) in [5, 5.41) is 17.2. The smallest absolute Gasteiger partial charge is 0.0701 e. The van der Waals surface area contributed by atoms with Crippen molar-refractivity contribution in [2.75, 3.05) is 277 Å². The van der Waals surface area contributed by atoms with E-state index in [9.17, 15) is 0 Å². The molecule has 0 heterocycles. The van der Waals surface area contributed by atoms with Gasteiger partial charge in [0.15, 0.2) is 0 Å². The van der Waals surface area contributed by atoms with Crippen LogP contribution in [0.25, 0.3) is 0 Å². The Hall–Kier alpha value is -0.880. The van der Waals surface area contributed by atoms with E-state index < -0.39 is 0 Å². The van der Waals surface area contributed by atoms with Crippen LogP contribution >= 0.6 is 0 Å². The second kappa shape index (κ2) is 62.1. The van der Waals surface area contributed by atoms with Gasteiger partial charge < -0.3 is 105 Å². The van der Waals surface area contributed by atoms with E-state index in [1.54, 1.807) is 0 Å². The number of rotatable bonds is 61. The fourth-order valence-corrected chi connectivity index (χ4v) is 4.41. The molecule has 0 saturated heterocycles. The van der Waals surface area contributed by atoms with Crippen molar-refractivity contribution in [3.63, 3.8) is 0 Å². The van der Waals surface area contributed by atoms with Crippen LogP contribution in [0, 0.1) is 0 Å². The van der Waals surface area contributed by atoms with Gasteiger partial charge in [0.25, 0.3) is 0 Å². The molecule has 2 N–H and O–H groups in total. The molecule has 0 aliphatic rings. The highest BCUT2D eigenvalue weighted by molar-refractivity contribution is 4.41. The molecule has 0 saturated carbocycles. The summed E-state index contributed by atoms with van der Waals surface area (Å²) in [6.45, 7) is 19.3. The zero-order chi connectivity index (χ0) is 45.8. The highest BCUT2D eigenvalue weighted by Gasteiger charge is 1.99. The Bertz CT molecular complexity index is 736. The largest absolute Gasteiger partial charge is 0.394 e. The minimum Gasteiger partial charge on any atom is -0.394 e. The second-order valence-corrected chi connectivity index (χ2v) is 12.7. The maximum absolute atomic E-state index is 8.60. The topological polar surface area (TPSA) is 225 Å². The molecule has 0 rings (SSSR count). The van der Waals surface area contributed by atoms with Crippen molar-refractivity contribution < 1.29 is 105 Å². The van der Waals surface area contributed by atoms with Crippen LogP contribution in [0.1, 0.15) is 0 Å². The lowest BCUT2D eigenvalue weighted by Crippen LogP contribution is -2.16. The van der Waals surface area contributed by atoms with E-state index in [0.29, 0.717) is 264 Å². The van der Waals surface area contributed by atoms with Gasteiger partial charge in [-0.3, -0.25) is 0 Å². The average Bonchev–Trinajstić information content (AvgIpc) is 3.31. The number of hydrogen-bond acceptors (Lipinski definition) is 22. The number of aliphatic hydroxyl groups is 2. The summed E-state index contributed by atoms with van der Waals surface area (Å²) >= 11 is 0. The highest BCUT2D eigenvalue weighted by atomic mass is 16.6. The lowest BCUT2D eigenvalue weighted by molar-refractivity contribution is -0.0315. The second-order valence-electron chi connectivity index (χ2n) is 12.7. The fourth-order valence-electron chi connectivity index (χ4n) is 4.41. The Labute approximate surface area is 382 Å². The first-order chi connectivity index (χ1) is 31.9. The molecule has 0 spiro atoms. The molecular weight excluding hydrogens is 856 g/mol. The van der Waals surface area contributed by atoms with E-state index in [4.69, 9.17) is 105 Å². The minimum absolute atomic E-state index is 0.0192. The monoisotopic (exact) mass is 943 g/mol. The van der Waals surface area contributed by atoms with Crippen molar-refractivity contribution in [3.05, 3.63) is 0 Å². The van der Waals surface area contributed by atoms with E-state index >= 15 is 0 Å². The summed E-state index contributed by atoms with van der Waals surface area (Å²) in [6, 6.07) is 0. The first-order valence-corrected chi connectivity index (χ1v) is 22.7. The minimum atomic E-state index is 0.0192. The molecule has 0 amide bonds. The van der Waals surface area contributed by atoms with Gasteiger partial charge in [-0.15, -0.1) is 0 Å². The first kappa shape index (κ1) is 63.1. The van der Waals surface area contributed by atoms with Crippen LogP contribution in [0.15, 0.2) is 0 Å². The highest BCUT2D eigenvalue weighted by Crippen LogP contribution is 1.90. The summed E-state index contributed by atoms with van der Waals surface area (Å²) in [5.74, 6) is 0. The summed E-state index contributed by atoms with van der Waals surface area (Å²) in [7, 11) is 0. The van der Waals surface area contributed by atoms with Crippen LogP contribution in [-0.2, 0) is 94.7 Å². The molecule has 0 aliphatic heterocycles. The van der Waals surface area contributed by atoms with Crippen LogP contribution < -0.4 is 0 Å². The third kappa shape index (κ3) is 61.1. The molecule has 0 fully saturated rings. The predicted octanol–water partition coefficient (Wildman–Crippen LogP) is -0.697. The van der Waals surface area contributed by atoms with E-state index in [1.807, 2.05) is 0 Å². The van der Waals surface area contributed by atoms with Crippen molar-refractivity contribution in [2.24, 2.45) is 0 Å². The van der Waals surface area contributed by atoms with E-state index in [0.717, 1.165) is 0 Å². The molecular formula is C42H86O22. The van der Waals surface area contributed by atoms with Gasteiger partial charge in [0.1, 0.15) is 0 Å². The van der Waals surface area contributed by atoms with E-state index in [1.165, 1.54) is 0 Å². The number of ether oxygens (including phenoxy) is 20. The van der Waals surface area contributed by atoms with Crippen molar-refractivity contribution in [1.29, 1.82) is 0 Å². The molecule has 0 atom stereocenters. The summed E-state index contributed by atoms with van der Waals surface area (Å²) < 4.78 is 108. The molecule has 64 heavy (non-hydrogen) atoms. The molecule has 22 heteroatoms. The van der Waals surface area contributed by atoms with Crippen molar-refractivity contribution in [3.8, 4) is 0 Å². The van der Waals surface area contributed by atoms with Gasteiger partial charge in [-0.05, 0) is 0 Å². The van der Waals surface area contributed by atoms with Crippen LogP contribution in [0.4, 0.5) is 0 Å². The summed E-state index contributed by atoms with van der Waals surface area (Å²) in [4.78, 5) is 0. The molecule has 0 unspecified atom stereocenters. The Balaban J connectivity index is 3.06. The quantitative estimate of drug-likeness (QED) is 0.0720. The van der Waals surface area contributed by atoms with Crippen LogP contribution in [0.2, 0.25) is 0 Å². The lowest BCUT2D eigenvalue weighted by atomic mass is 10.6. The maximum Gasteiger partial charge on any atom is 0.0701 e. The number of hydrogen-bond donors (Lipinski definition) is 2. The molecule has 386 valence electrons. The van der Waals surface area contributed by atoms with Crippen molar-refractivity contribution in [2.45, 2.75) is 0 Å². The predicted molar refractivity (Wildman–Crippen MR) is 231 cm³/mol. The van der Waals surface area contributed by atoms with Crippen LogP contribution in [0.5, 0.6) is 0 Å². The van der Waals surface area contributed by atoms with Crippen LogP contribution in [0.3, 0.4) is 0 Å². The Morgan fingerprint density at radius 2 is 0.172 bits per heavy atom. The molecule has 0 aromatic heterocycles. The third-order valence-electron chi connectivity index (χ3n) is 7.54. The van der Waals surface area contributed by atoms with Gasteiger partial charge in [0.2, 0.25) is 0 Å². The average molecular weight is 943 g/mol. The first-order valence-electron chi connectivity index (χ1n) is 22.7. The zero-order valence-electron chi connectivity index (χ0n) is 38.8. The molecule has 0 aromatic carbocycles. The van der Waals surface area contributed by atoms with Gasteiger partial charge >= 0.3 is 0 Å². The van der Waals surface area contributed by atoms with Gasteiger partial charge in [-0.2, -0.15) is 0 Å². The van der Waals surface area contributed by atoms with E-state index in [2.05, 4.69) is 0 Å². The number of aliphatic hydroxyl groups excluding tert-OH is 2. The third-order valence-corrected chi connectivity index (χ3v) is 7.54. The van der Waals surface area contributed by atoms with Gasteiger partial charge in [0, 0.05) is 0 Å². The standard InChI is InChI=1S/C42H86O22/c43-1-3-45-5-7-47-9-11-49-13-15-51-17-19-53-21-23-55-25-27-57-29-31-59-33-35-61-37-39-63-41-42-64-40-38-62-36-34-60-32-30-58-28-26-56-24-22-54-20-18-52-16-14-50-12-10-48-8-6-46-4-2-44/h43-44H,1-42H2. The Morgan fingerprint density at radius 1 is 0.109 bits per heavy atom. The normalized spacial score (nSPS) is 11.7. The zero-order valence-corrected chi connectivity index (χ0v) is 38.8. The summed E-state index contributed by atoms with van der Waals surface area (Å²) in [5.41, 5.74) is 0. The molecule has 0 aromatic rings. The van der Waals surface area contributed by atoms with Gasteiger partial charge in [-0.25, -0.2) is 0 Å². The van der Waals surface area contributed by atoms with E-state index in [-0.39, 0.29) is 13.2 Å². The summed E-state index contributed by atoms with van der Waals surface area (Å²) in [6.07, 6.45) is 0. The molecule has 0 bridgehead atoms. The van der Waals surface area contributed by atoms with Gasteiger partial charge in [0.05, 0.1) is 277 Å². The molecule has 0 aliphatic carbocycles. The lowest BCUT2D eigenvalue weighted by Gasteiger charge is -2.09. The Kier molecular flexibility index (Phi) is 61.3. The van der Waals surface area contributed by atoms with Gasteiger partial charge in [-0.1, -0.05) is 0 Å². The Morgan fingerprint density at radius 3 is 0.234 bits per heavy atom. The fraction of sp³-hybridized carbons (Fsp3) is 1.00. The maximum atomic E-state index is 8.60. The molecule has 0 radical (unpaired) electrons. The van der Waals surface area contributed by atoms with Crippen molar-refractivity contribution >= 4 is 0 Å². The van der Waals surface area contributed by atoms with Crippen LogP contribution in [-0.4, -0.2) is 288 Å².